The molecule has 0 radical (unpaired) electrons. The molecule has 1 atom stereocenters. The lowest BCUT2D eigenvalue weighted by atomic mass is 9.85. The maximum atomic E-state index is 14.4. The van der Waals surface area contributed by atoms with Crippen LogP contribution in [0.15, 0.2) is 12.1 Å². The molecular formula is C17H26FN. The van der Waals surface area contributed by atoms with E-state index in [0.717, 1.165) is 49.9 Å². The molecule has 1 aromatic carbocycles. The number of nitrogens with one attached hydrogen (secondary N) is 1. The minimum absolute atomic E-state index is 0.00878. The van der Waals surface area contributed by atoms with Crippen LogP contribution in [0.4, 0.5) is 4.39 Å². The van der Waals surface area contributed by atoms with Gasteiger partial charge in [0.2, 0.25) is 0 Å². The lowest BCUT2D eigenvalue weighted by molar-refractivity contribution is 0.457. The molecule has 1 aliphatic heterocycles. The Bertz CT molecular complexity index is 398. The van der Waals surface area contributed by atoms with E-state index in [9.17, 15) is 4.39 Å². The van der Waals surface area contributed by atoms with Crippen LogP contribution in [0.5, 0.6) is 0 Å². The van der Waals surface area contributed by atoms with E-state index in [0.29, 0.717) is 11.8 Å². The van der Waals surface area contributed by atoms with Crippen molar-refractivity contribution in [2.24, 2.45) is 0 Å². The Morgan fingerprint density at radius 3 is 2.58 bits per heavy atom. The highest BCUT2D eigenvalue weighted by Crippen LogP contribution is 2.32. The van der Waals surface area contributed by atoms with Gasteiger partial charge in [0, 0.05) is 0 Å². The van der Waals surface area contributed by atoms with E-state index in [4.69, 9.17) is 0 Å². The van der Waals surface area contributed by atoms with Crippen molar-refractivity contribution in [3.8, 4) is 0 Å². The Balaban J connectivity index is 2.25. The fourth-order valence-electron chi connectivity index (χ4n) is 3.37. The van der Waals surface area contributed by atoms with Gasteiger partial charge in [-0.3, -0.25) is 0 Å². The zero-order valence-electron chi connectivity index (χ0n) is 12.4. The predicted molar refractivity (Wildman–Crippen MR) is 79.3 cm³/mol. The van der Waals surface area contributed by atoms with Gasteiger partial charge in [-0.05, 0) is 73.9 Å². The monoisotopic (exact) mass is 263 g/mol. The molecule has 0 saturated carbocycles. The minimum Gasteiger partial charge on any atom is -0.317 e. The van der Waals surface area contributed by atoms with Crippen molar-refractivity contribution in [2.45, 2.75) is 58.3 Å². The number of rotatable bonds is 4. The third-order valence-corrected chi connectivity index (χ3v) is 4.38. The summed E-state index contributed by atoms with van der Waals surface area (Å²) in [6, 6.07) is 4.02. The summed E-state index contributed by atoms with van der Waals surface area (Å²) in [5.41, 5.74) is 3.26. The number of hydrogen-bond donors (Lipinski definition) is 1. The van der Waals surface area contributed by atoms with Crippen molar-refractivity contribution < 1.29 is 4.39 Å². The molecule has 1 N–H and O–H groups in total. The molecule has 0 amide bonds. The van der Waals surface area contributed by atoms with Gasteiger partial charge in [-0.1, -0.05) is 26.3 Å². The SMILES string of the molecule is CCCC(C)c1c(C)cc(C2CCNCC2)cc1F. The van der Waals surface area contributed by atoms with Crippen molar-refractivity contribution in [2.75, 3.05) is 13.1 Å². The number of halogens is 1. The Kier molecular flexibility index (Phi) is 4.98. The molecule has 1 heterocycles. The lowest BCUT2D eigenvalue weighted by Gasteiger charge is -2.25. The van der Waals surface area contributed by atoms with Gasteiger partial charge in [-0.25, -0.2) is 4.39 Å². The summed E-state index contributed by atoms with van der Waals surface area (Å²) in [6.45, 7) is 8.47. The van der Waals surface area contributed by atoms with Gasteiger partial charge in [0.15, 0.2) is 0 Å². The maximum absolute atomic E-state index is 14.4. The molecule has 2 heteroatoms. The molecule has 0 aromatic heterocycles. The van der Waals surface area contributed by atoms with Crippen molar-refractivity contribution in [3.63, 3.8) is 0 Å². The third-order valence-electron chi connectivity index (χ3n) is 4.38. The zero-order chi connectivity index (χ0) is 13.8. The molecule has 1 aliphatic rings. The van der Waals surface area contributed by atoms with Crippen LogP contribution in [-0.2, 0) is 0 Å². The van der Waals surface area contributed by atoms with E-state index >= 15 is 0 Å². The van der Waals surface area contributed by atoms with Crippen LogP contribution in [0, 0.1) is 12.7 Å². The van der Waals surface area contributed by atoms with Gasteiger partial charge in [-0.15, -0.1) is 0 Å². The van der Waals surface area contributed by atoms with Crippen LogP contribution >= 0.6 is 0 Å². The van der Waals surface area contributed by atoms with Crippen LogP contribution in [0.3, 0.4) is 0 Å². The first-order chi connectivity index (χ1) is 9.13. The average molecular weight is 263 g/mol. The summed E-state index contributed by atoms with van der Waals surface area (Å²) in [4.78, 5) is 0. The maximum Gasteiger partial charge on any atom is 0.127 e. The first kappa shape index (κ1) is 14.5. The summed E-state index contributed by atoms with van der Waals surface area (Å²) in [5, 5.41) is 3.37. The first-order valence-corrected chi connectivity index (χ1v) is 7.64. The van der Waals surface area contributed by atoms with Crippen LogP contribution in [-0.4, -0.2) is 13.1 Å². The summed E-state index contributed by atoms with van der Waals surface area (Å²) in [6.07, 6.45) is 4.42. The molecule has 1 fully saturated rings. The fraction of sp³-hybridized carbons (Fsp3) is 0.647. The largest absolute Gasteiger partial charge is 0.317 e. The molecule has 0 spiro atoms. The van der Waals surface area contributed by atoms with Gasteiger partial charge < -0.3 is 5.32 Å². The van der Waals surface area contributed by atoms with Crippen LogP contribution in [0.1, 0.15) is 68.1 Å². The van der Waals surface area contributed by atoms with Gasteiger partial charge in [-0.2, -0.15) is 0 Å². The quantitative estimate of drug-likeness (QED) is 0.843. The van der Waals surface area contributed by atoms with Crippen molar-refractivity contribution >= 4 is 0 Å². The number of hydrogen-bond acceptors (Lipinski definition) is 1. The Labute approximate surface area is 116 Å². The minimum atomic E-state index is 0.00878. The third kappa shape index (κ3) is 3.36. The van der Waals surface area contributed by atoms with E-state index in [1.165, 1.54) is 5.56 Å². The second-order valence-electron chi connectivity index (χ2n) is 5.95. The molecule has 1 saturated heterocycles. The highest BCUT2D eigenvalue weighted by atomic mass is 19.1. The highest BCUT2D eigenvalue weighted by molar-refractivity contribution is 5.36. The standard InChI is InChI=1S/C17H26FN/c1-4-5-12(2)17-13(3)10-15(11-16(17)18)14-6-8-19-9-7-14/h10-12,14,19H,4-9H2,1-3H3. The van der Waals surface area contributed by atoms with E-state index in [1.54, 1.807) is 6.07 Å². The smallest absolute Gasteiger partial charge is 0.127 e. The van der Waals surface area contributed by atoms with E-state index in [2.05, 4.69) is 32.2 Å². The Morgan fingerprint density at radius 1 is 1.32 bits per heavy atom. The average Bonchev–Trinajstić information content (AvgIpc) is 2.39. The summed E-state index contributed by atoms with van der Waals surface area (Å²) < 4.78 is 14.4. The molecule has 1 unspecified atom stereocenters. The summed E-state index contributed by atoms with van der Waals surface area (Å²) in [5.74, 6) is 0.867. The van der Waals surface area contributed by atoms with Gasteiger partial charge in [0.05, 0.1) is 0 Å². The van der Waals surface area contributed by atoms with E-state index in [1.807, 2.05) is 0 Å². The zero-order valence-corrected chi connectivity index (χ0v) is 12.4. The molecule has 2 rings (SSSR count). The first-order valence-electron chi connectivity index (χ1n) is 7.64. The number of aryl methyl sites for hydroxylation is 1. The Hall–Kier alpha value is -0.890. The summed E-state index contributed by atoms with van der Waals surface area (Å²) in [7, 11) is 0. The predicted octanol–water partition coefficient (Wildman–Crippen LogP) is 4.50. The molecule has 1 aromatic rings. The molecule has 0 bridgehead atoms. The summed E-state index contributed by atoms with van der Waals surface area (Å²) >= 11 is 0. The normalized spacial score (nSPS) is 18.5. The highest BCUT2D eigenvalue weighted by Gasteiger charge is 2.19. The fourth-order valence-corrected chi connectivity index (χ4v) is 3.37. The van der Waals surface area contributed by atoms with Crippen LogP contribution in [0.2, 0.25) is 0 Å². The second-order valence-corrected chi connectivity index (χ2v) is 5.95. The van der Waals surface area contributed by atoms with Gasteiger partial charge >= 0.3 is 0 Å². The van der Waals surface area contributed by atoms with Crippen molar-refractivity contribution in [3.05, 3.63) is 34.6 Å². The van der Waals surface area contributed by atoms with E-state index in [-0.39, 0.29) is 5.82 Å². The van der Waals surface area contributed by atoms with E-state index < -0.39 is 0 Å². The second kappa shape index (κ2) is 6.51. The molecule has 106 valence electrons. The van der Waals surface area contributed by atoms with Crippen molar-refractivity contribution in [1.82, 2.24) is 5.32 Å². The van der Waals surface area contributed by atoms with Crippen molar-refractivity contribution in [1.29, 1.82) is 0 Å². The van der Waals surface area contributed by atoms with Gasteiger partial charge in [0.25, 0.3) is 0 Å². The van der Waals surface area contributed by atoms with Crippen LogP contribution in [0.25, 0.3) is 0 Å². The Morgan fingerprint density at radius 2 is 2.00 bits per heavy atom. The lowest BCUT2D eigenvalue weighted by Crippen LogP contribution is -2.26. The number of benzene rings is 1. The van der Waals surface area contributed by atoms with Crippen LogP contribution < -0.4 is 5.32 Å². The van der Waals surface area contributed by atoms with Gasteiger partial charge in [0.1, 0.15) is 5.82 Å². The molecule has 1 nitrogen and oxygen atoms in total. The topological polar surface area (TPSA) is 12.0 Å². The number of piperidine rings is 1. The molecular weight excluding hydrogens is 237 g/mol. The molecule has 19 heavy (non-hydrogen) atoms. The molecule has 0 aliphatic carbocycles.